The molecule has 1 amide bonds. The van der Waals surface area contributed by atoms with Gasteiger partial charge in [-0.3, -0.25) is 4.79 Å². The van der Waals surface area contributed by atoms with Gasteiger partial charge in [-0.25, -0.2) is 4.98 Å². The van der Waals surface area contributed by atoms with Crippen molar-refractivity contribution in [2.45, 2.75) is 39.0 Å². The average molecular weight is 253 g/mol. The first kappa shape index (κ1) is 12.5. The molecule has 1 fully saturated rings. The number of hydrogen-bond donors (Lipinski definition) is 2. The summed E-state index contributed by atoms with van der Waals surface area (Å²) in [4.78, 5) is 16.5. The summed E-state index contributed by atoms with van der Waals surface area (Å²) in [5.41, 5.74) is 6.40. The summed E-state index contributed by atoms with van der Waals surface area (Å²) < 4.78 is 0. The van der Waals surface area contributed by atoms with Crippen LogP contribution in [0.3, 0.4) is 0 Å². The minimum Gasteiger partial charge on any atom is -0.329 e. The van der Waals surface area contributed by atoms with Crippen LogP contribution in [0.2, 0.25) is 0 Å². The van der Waals surface area contributed by atoms with E-state index in [9.17, 15) is 4.79 Å². The molecule has 1 aliphatic carbocycles. The van der Waals surface area contributed by atoms with Crippen LogP contribution in [0.1, 0.15) is 44.7 Å². The molecule has 17 heavy (non-hydrogen) atoms. The topological polar surface area (TPSA) is 68.0 Å². The van der Waals surface area contributed by atoms with E-state index >= 15 is 0 Å². The summed E-state index contributed by atoms with van der Waals surface area (Å²) >= 11 is 1.48. The van der Waals surface area contributed by atoms with E-state index in [4.69, 9.17) is 5.73 Å². The Labute approximate surface area is 106 Å². The molecule has 0 spiro atoms. The van der Waals surface area contributed by atoms with E-state index in [0.29, 0.717) is 17.6 Å². The second-order valence-corrected chi connectivity index (χ2v) is 5.88. The van der Waals surface area contributed by atoms with Crippen molar-refractivity contribution >= 4 is 22.4 Å². The Bertz CT molecular complexity index is 404. The fourth-order valence-electron chi connectivity index (χ4n) is 1.97. The molecule has 2 rings (SSSR count). The van der Waals surface area contributed by atoms with Crippen LogP contribution in [0.5, 0.6) is 0 Å². The van der Waals surface area contributed by atoms with Gasteiger partial charge in [-0.05, 0) is 18.8 Å². The molecule has 1 heterocycles. The van der Waals surface area contributed by atoms with Crippen molar-refractivity contribution < 1.29 is 4.79 Å². The van der Waals surface area contributed by atoms with Gasteiger partial charge in [0.05, 0.1) is 11.1 Å². The lowest BCUT2D eigenvalue weighted by Crippen LogP contribution is -2.47. The highest BCUT2D eigenvalue weighted by molar-refractivity contribution is 7.13. The van der Waals surface area contributed by atoms with E-state index < -0.39 is 0 Å². The number of thiazole rings is 1. The summed E-state index contributed by atoms with van der Waals surface area (Å²) in [6.45, 7) is 4.61. The zero-order valence-electron chi connectivity index (χ0n) is 10.3. The van der Waals surface area contributed by atoms with Gasteiger partial charge in [0.25, 0.3) is 0 Å². The Morgan fingerprint density at radius 2 is 2.35 bits per heavy atom. The third kappa shape index (κ3) is 2.35. The van der Waals surface area contributed by atoms with E-state index in [1.54, 1.807) is 0 Å². The Morgan fingerprint density at radius 1 is 1.65 bits per heavy atom. The van der Waals surface area contributed by atoms with Crippen molar-refractivity contribution in [1.29, 1.82) is 0 Å². The molecule has 1 aromatic heterocycles. The van der Waals surface area contributed by atoms with Gasteiger partial charge in [-0.15, -0.1) is 11.3 Å². The lowest BCUT2D eigenvalue weighted by molar-refractivity contribution is -0.129. The SMILES string of the molecule is CC(C)c1csc(NC(=O)C2(CN)CCC2)n1. The fourth-order valence-corrected chi connectivity index (χ4v) is 2.83. The number of aromatic nitrogens is 1. The van der Waals surface area contributed by atoms with Gasteiger partial charge in [0.15, 0.2) is 5.13 Å². The van der Waals surface area contributed by atoms with Crippen molar-refractivity contribution in [3.8, 4) is 0 Å². The second-order valence-electron chi connectivity index (χ2n) is 5.02. The van der Waals surface area contributed by atoms with Crippen LogP contribution in [0.15, 0.2) is 5.38 Å². The van der Waals surface area contributed by atoms with E-state index in [2.05, 4.69) is 24.1 Å². The normalized spacial score (nSPS) is 17.9. The van der Waals surface area contributed by atoms with Crippen LogP contribution in [0, 0.1) is 5.41 Å². The number of carbonyl (C=O) groups is 1. The number of amides is 1. The molecule has 0 saturated heterocycles. The van der Waals surface area contributed by atoms with Crippen LogP contribution in [-0.4, -0.2) is 17.4 Å². The number of hydrogen-bond acceptors (Lipinski definition) is 4. The summed E-state index contributed by atoms with van der Waals surface area (Å²) in [6, 6.07) is 0. The molecule has 0 aromatic carbocycles. The molecular formula is C12H19N3OS. The highest BCUT2D eigenvalue weighted by Gasteiger charge is 2.43. The Hall–Kier alpha value is -0.940. The van der Waals surface area contributed by atoms with Crippen LogP contribution >= 0.6 is 11.3 Å². The van der Waals surface area contributed by atoms with Crippen LogP contribution in [0.25, 0.3) is 0 Å². The van der Waals surface area contributed by atoms with E-state index in [0.717, 1.165) is 25.0 Å². The fraction of sp³-hybridized carbons (Fsp3) is 0.667. The molecule has 0 bridgehead atoms. The highest BCUT2D eigenvalue weighted by Crippen LogP contribution is 2.41. The molecule has 94 valence electrons. The number of anilines is 1. The quantitative estimate of drug-likeness (QED) is 0.865. The molecule has 0 aliphatic heterocycles. The maximum Gasteiger partial charge on any atom is 0.233 e. The third-order valence-electron chi connectivity index (χ3n) is 3.52. The van der Waals surface area contributed by atoms with Crippen molar-refractivity contribution in [3.63, 3.8) is 0 Å². The maximum absolute atomic E-state index is 12.1. The monoisotopic (exact) mass is 253 g/mol. The molecule has 4 nitrogen and oxygen atoms in total. The Balaban J connectivity index is 2.02. The molecular weight excluding hydrogens is 234 g/mol. The number of carbonyl (C=O) groups excluding carboxylic acids is 1. The van der Waals surface area contributed by atoms with Gasteiger partial charge >= 0.3 is 0 Å². The molecule has 5 heteroatoms. The Morgan fingerprint density at radius 3 is 2.76 bits per heavy atom. The van der Waals surface area contributed by atoms with Crippen LogP contribution in [0.4, 0.5) is 5.13 Å². The molecule has 1 saturated carbocycles. The molecule has 0 unspecified atom stereocenters. The van der Waals surface area contributed by atoms with Gasteiger partial charge in [0, 0.05) is 11.9 Å². The zero-order valence-corrected chi connectivity index (χ0v) is 11.1. The predicted octanol–water partition coefficient (Wildman–Crippen LogP) is 2.33. The molecule has 3 N–H and O–H groups in total. The van der Waals surface area contributed by atoms with Crippen molar-refractivity contribution in [2.75, 3.05) is 11.9 Å². The number of nitrogens with two attached hydrogens (primary N) is 1. The van der Waals surface area contributed by atoms with Gasteiger partial charge in [-0.1, -0.05) is 20.3 Å². The standard InChI is InChI=1S/C12H19N3OS/c1-8(2)9-6-17-11(14-9)15-10(16)12(7-13)4-3-5-12/h6,8H,3-5,7,13H2,1-2H3,(H,14,15,16). The van der Waals surface area contributed by atoms with Gasteiger partial charge in [0.1, 0.15) is 0 Å². The van der Waals surface area contributed by atoms with Gasteiger partial charge in [-0.2, -0.15) is 0 Å². The average Bonchev–Trinajstić information content (AvgIpc) is 2.65. The smallest absolute Gasteiger partial charge is 0.233 e. The van der Waals surface area contributed by atoms with E-state index in [-0.39, 0.29) is 11.3 Å². The first-order chi connectivity index (χ1) is 8.07. The number of nitrogens with zero attached hydrogens (tertiary/aromatic N) is 1. The third-order valence-corrected chi connectivity index (χ3v) is 4.29. The minimum atomic E-state index is -0.330. The molecule has 1 aromatic rings. The largest absolute Gasteiger partial charge is 0.329 e. The minimum absolute atomic E-state index is 0.0379. The maximum atomic E-state index is 12.1. The first-order valence-corrected chi connectivity index (χ1v) is 6.92. The van der Waals surface area contributed by atoms with E-state index in [1.807, 2.05) is 5.38 Å². The summed E-state index contributed by atoms with van der Waals surface area (Å²) in [5.74, 6) is 0.431. The van der Waals surface area contributed by atoms with Crippen LogP contribution < -0.4 is 11.1 Å². The Kier molecular flexibility index (Phi) is 3.49. The highest BCUT2D eigenvalue weighted by atomic mass is 32.1. The van der Waals surface area contributed by atoms with Crippen molar-refractivity contribution in [1.82, 2.24) is 4.98 Å². The summed E-state index contributed by atoms with van der Waals surface area (Å²) in [7, 11) is 0. The lowest BCUT2D eigenvalue weighted by atomic mass is 9.68. The van der Waals surface area contributed by atoms with Crippen LogP contribution in [-0.2, 0) is 4.79 Å². The molecule has 1 aliphatic rings. The summed E-state index contributed by atoms with van der Waals surface area (Å²) in [6.07, 6.45) is 2.90. The molecule has 0 radical (unpaired) electrons. The van der Waals surface area contributed by atoms with Gasteiger partial charge < -0.3 is 11.1 Å². The lowest BCUT2D eigenvalue weighted by Gasteiger charge is -2.38. The number of rotatable bonds is 4. The second kappa shape index (κ2) is 4.74. The zero-order chi connectivity index (χ0) is 12.5. The van der Waals surface area contributed by atoms with Crippen molar-refractivity contribution in [3.05, 3.63) is 11.1 Å². The summed E-state index contributed by atoms with van der Waals surface area (Å²) in [5, 5.41) is 5.59. The predicted molar refractivity (Wildman–Crippen MR) is 70.2 cm³/mol. The van der Waals surface area contributed by atoms with Crippen molar-refractivity contribution in [2.24, 2.45) is 11.1 Å². The number of nitrogens with one attached hydrogen (secondary N) is 1. The first-order valence-electron chi connectivity index (χ1n) is 6.04. The molecule has 0 atom stereocenters. The van der Waals surface area contributed by atoms with E-state index in [1.165, 1.54) is 11.3 Å². The van der Waals surface area contributed by atoms with Gasteiger partial charge in [0.2, 0.25) is 5.91 Å².